The zero-order valence-electron chi connectivity index (χ0n) is 26.9. The molecule has 0 aliphatic carbocycles. The average Bonchev–Trinajstić information content (AvgIpc) is 3.05. The molecular weight excluding hydrogens is 560 g/mol. The summed E-state index contributed by atoms with van der Waals surface area (Å²) in [7, 11) is 3.18. The summed E-state index contributed by atoms with van der Waals surface area (Å²) in [5.41, 5.74) is 0.977. The molecule has 2 aromatic rings. The number of esters is 1. The van der Waals surface area contributed by atoms with Crippen molar-refractivity contribution in [1.82, 2.24) is 10.2 Å². The number of nitrogens with zero attached hydrogens (tertiary/aromatic N) is 1. The van der Waals surface area contributed by atoms with E-state index in [1.807, 2.05) is 49.4 Å². The van der Waals surface area contributed by atoms with Crippen LogP contribution in [0.1, 0.15) is 70.1 Å². The Bertz CT molecular complexity index is 1280. The maximum Gasteiger partial charge on any atom is 0.329 e. The number of carbonyl (C=O) groups is 3. The normalized spacial score (nSPS) is 15.7. The summed E-state index contributed by atoms with van der Waals surface area (Å²) in [6, 6.07) is 12.4. The minimum atomic E-state index is -0.813. The summed E-state index contributed by atoms with van der Waals surface area (Å²) in [5.74, 6) is 0.330. The molecule has 0 bridgehead atoms. The number of hydrogen-bond donors (Lipinski definition) is 1. The van der Waals surface area contributed by atoms with Crippen LogP contribution < -0.4 is 19.5 Å². The Morgan fingerprint density at radius 1 is 1.09 bits per heavy atom. The van der Waals surface area contributed by atoms with Crippen LogP contribution in [0.3, 0.4) is 0 Å². The summed E-state index contributed by atoms with van der Waals surface area (Å²) in [5, 5.41) is 3.21. The van der Waals surface area contributed by atoms with Gasteiger partial charge in [-0.05, 0) is 73.9 Å². The lowest BCUT2D eigenvalue weighted by molar-refractivity contribution is -0.164. The molecule has 0 radical (unpaired) electrons. The van der Waals surface area contributed by atoms with Gasteiger partial charge in [0.05, 0.1) is 14.2 Å². The number of hydrogen-bond acceptors (Lipinski definition) is 8. The molecular formula is C35H48N2O7. The lowest BCUT2D eigenvalue weighted by Crippen LogP contribution is -2.53. The molecule has 44 heavy (non-hydrogen) atoms. The topological polar surface area (TPSA) is 103 Å². The number of benzene rings is 2. The van der Waals surface area contributed by atoms with Gasteiger partial charge in [0.2, 0.25) is 5.78 Å². The number of ketones is 1. The molecule has 3 rings (SSSR count). The van der Waals surface area contributed by atoms with Crippen LogP contribution in [0, 0.1) is 5.41 Å². The molecule has 1 fully saturated rings. The molecule has 9 nitrogen and oxygen atoms in total. The fourth-order valence-electron chi connectivity index (χ4n) is 5.10. The van der Waals surface area contributed by atoms with Gasteiger partial charge in [0.25, 0.3) is 5.91 Å². The second-order valence-electron chi connectivity index (χ2n) is 11.6. The van der Waals surface area contributed by atoms with E-state index in [0.717, 1.165) is 24.0 Å². The Balaban J connectivity index is 1.84. The molecule has 2 aromatic carbocycles. The second-order valence-corrected chi connectivity index (χ2v) is 11.6. The predicted octanol–water partition coefficient (Wildman–Crippen LogP) is 5.46. The quantitative estimate of drug-likeness (QED) is 0.109. The van der Waals surface area contributed by atoms with E-state index in [-0.39, 0.29) is 0 Å². The van der Waals surface area contributed by atoms with Gasteiger partial charge >= 0.3 is 5.97 Å². The Morgan fingerprint density at radius 3 is 2.57 bits per heavy atom. The summed E-state index contributed by atoms with van der Waals surface area (Å²) >= 11 is 0. The molecule has 0 aromatic heterocycles. The zero-order chi connectivity index (χ0) is 32.1. The van der Waals surface area contributed by atoms with Gasteiger partial charge in [-0.1, -0.05) is 45.0 Å². The second kappa shape index (κ2) is 16.9. The first-order valence-corrected chi connectivity index (χ1v) is 15.5. The smallest absolute Gasteiger partial charge is 0.329 e. The highest BCUT2D eigenvalue weighted by atomic mass is 16.5. The summed E-state index contributed by atoms with van der Waals surface area (Å²) in [6.45, 7) is 11.3. The van der Waals surface area contributed by atoms with Gasteiger partial charge in [-0.25, -0.2) is 4.79 Å². The van der Waals surface area contributed by atoms with Gasteiger partial charge in [-0.15, -0.1) is 6.58 Å². The van der Waals surface area contributed by atoms with Crippen LogP contribution in [0.15, 0.2) is 55.1 Å². The van der Waals surface area contributed by atoms with Gasteiger partial charge in [0, 0.05) is 25.0 Å². The Morgan fingerprint density at radius 2 is 1.86 bits per heavy atom. The highest BCUT2D eigenvalue weighted by Gasteiger charge is 2.41. The van der Waals surface area contributed by atoms with Crippen LogP contribution in [0.25, 0.3) is 0 Å². The first-order valence-electron chi connectivity index (χ1n) is 15.5. The molecule has 0 saturated carbocycles. The fraction of sp³-hybridized carbons (Fsp3) is 0.514. The average molecular weight is 609 g/mol. The summed E-state index contributed by atoms with van der Waals surface area (Å²) in [6.07, 6.45) is 4.74. The third kappa shape index (κ3) is 9.32. The first-order chi connectivity index (χ1) is 21.1. The summed E-state index contributed by atoms with van der Waals surface area (Å²) in [4.78, 5) is 41.6. The minimum absolute atomic E-state index is 0.351. The SMILES string of the molecule is C=CCNCCOc1cccc([C@@H](CCc2ccc(OC)c(OC)c2)OC(=O)C2CCCCN2C(=O)C(=O)C(C)(C)CC)c1. The molecule has 1 unspecified atom stereocenters. The predicted molar refractivity (Wildman–Crippen MR) is 170 cm³/mol. The largest absolute Gasteiger partial charge is 0.493 e. The highest BCUT2D eigenvalue weighted by Crippen LogP contribution is 2.32. The molecule has 0 spiro atoms. The zero-order valence-corrected chi connectivity index (χ0v) is 26.9. The number of ether oxygens (including phenoxy) is 4. The number of nitrogens with one attached hydrogen (secondary N) is 1. The van der Waals surface area contributed by atoms with E-state index in [0.29, 0.717) is 69.2 Å². The van der Waals surface area contributed by atoms with Crippen molar-refractivity contribution in [2.24, 2.45) is 5.41 Å². The van der Waals surface area contributed by atoms with E-state index in [2.05, 4.69) is 11.9 Å². The number of rotatable bonds is 17. The minimum Gasteiger partial charge on any atom is -0.493 e. The maximum absolute atomic E-state index is 13.8. The van der Waals surface area contributed by atoms with E-state index in [9.17, 15) is 14.4 Å². The van der Waals surface area contributed by atoms with Crippen LogP contribution in [-0.4, -0.2) is 69.1 Å². The lowest BCUT2D eigenvalue weighted by atomic mass is 9.84. The van der Waals surface area contributed by atoms with Gasteiger partial charge in [-0.2, -0.15) is 0 Å². The molecule has 1 saturated heterocycles. The van der Waals surface area contributed by atoms with Crippen molar-refractivity contribution in [1.29, 1.82) is 0 Å². The number of Topliss-reactive ketones (excluding diaryl/α,β-unsaturated/α-hetero) is 1. The van der Waals surface area contributed by atoms with Crippen LogP contribution in [-0.2, 0) is 25.5 Å². The van der Waals surface area contributed by atoms with E-state index >= 15 is 0 Å². The molecule has 1 heterocycles. The Hall–Kier alpha value is -3.85. The van der Waals surface area contributed by atoms with E-state index in [1.165, 1.54) is 4.90 Å². The van der Waals surface area contributed by atoms with Crippen molar-refractivity contribution in [3.8, 4) is 17.2 Å². The highest BCUT2D eigenvalue weighted by molar-refractivity contribution is 6.38. The molecule has 1 aliphatic heterocycles. The van der Waals surface area contributed by atoms with Crippen molar-refractivity contribution >= 4 is 17.7 Å². The fourth-order valence-corrected chi connectivity index (χ4v) is 5.10. The molecule has 1 N–H and O–H groups in total. The van der Waals surface area contributed by atoms with Gasteiger partial charge in [0.15, 0.2) is 11.5 Å². The standard InChI is InChI=1S/C35H48N2O7/c1-7-19-36-20-22-43-27-13-11-12-26(24-27)29(17-15-25-16-18-30(41-5)31(23-25)42-6)44-34(40)28-14-9-10-21-37(28)33(39)32(38)35(3,4)8-2/h7,11-13,16,18,23-24,28-29,36H,1,8-10,14-15,17,19-22H2,2-6H3/t28?,29-/m1/s1. The molecule has 9 heteroatoms. The van der Waals surface area contributed by atoms with E-state index in [4.69, 9.17) is 18.9 Å². The number of methoxy groups -OCH3 is 2. The van der Waals surface area contributed by atoms with Crippen molar-refractivity contribution < 1.29 is 33.3 Å². The number of piperidine rings is 1. The van der Waals surface area contributed by atoms with E-state index in [1.54, 1.807) is 34.1 Å². The monoisotopic (exact) mass is 608 g/mol. The third-order valence-corrected chi connectivity index (χ3v) is 8.20. The van der Waals surface area contributed by atoms with Crippen LogP contribution in [0.4, 0.5) is 0 Å². The Labute approximate surface area is 261 Å². The van der Waals surface area contributed by atoms with Crippen molar-refractivity contribution in [3.63, 3.8) is 0 Å². The molecule has 240 valence electrons. The Kier molecular flexibility index (Phi) is 13.3. The van der Waals surface area contributed by atoms with Gasteiger partial charge < -0.3 is 29.2 Å². The number of likely N-dealkylation sites (tertiary alicyclic amines) is 1. The molecule has 2 atom stereocenters. The van der Waals surface area contributed by atoms with Crippen LogP contribution >= 0.6 is 0 Å². The van der Waals surface area contributed by atoms with Crippen molar-refractivity contribution in [2.75, 3.05) is 40.5 Å². The van der Waals surface area contributed by atoms with E-state index < -0.39 is 35.2 Å². The summed E-state index contributed by atoms with van der Waals surface area (Å²) < 4.78 is 23.0. The third-order valence-electron chi connectivity index (χ3n) is 8.20. The number of aryl methyl sites for hydroxylation is 1. The maximum atomic E-state index is 13.8. The lowest BCUT2D eigenvalue weighted by Gasteiger charge is -2.36. The van der Waals surface area contributed by atoms with Crippen molar-refractivity contribution in [2.45, 2.75) is 71.4 Å². The molecule has 1 amide bonds. The first kappa shape index (κ1) is 34.6. The van der Waals surface area contributed by atoms with Gasteiger partial charge in [0.1, 0.15) is 24.5 Å². The molecule has 1 aliphatic rings. The number of carbonyl (C=O) groups excluding carboxylic acids is 3. The van der Waals surface area contributed by atoms with Gasteiger partial charge in [-0.3, -0.25) is 9.59 Å². The number of amides is 1. The van der Waals surface area contributed by atoms with Crippen molar-refractivity contribution in [3.05, 3.63) is 66.2 Å². The van der Waals surface area contributed by atoms with Crippen LogP contribution in [0.2, 0.25) is 0 Å². The van der Waals surface area contributed by atoms with Crippen LogP contribution in [0.5, 0.6) is 17.2 Å².